The number of esters is 1. The largest absolute Gasteiger partial charge is 0.493 e. The number of benzene rings is 1. The molecule has 118 valence electrons. The lowest BCUT2D eigenvalue weighted by atomic mass is 9.82. The van der Waals surface area contributed by atoms with Crippen LogP contribution in [0.5, 0.6) is 11.5 Å². The highest BCUT2D eigenvalue weighted by Crippen LogP contribution is 2.38. The van der Waals surface area contributed by atoms with E-state index < -0.39 is 17.5 Å². The maximum Gasteiger partial charge on any atom is 0.314 e. The van der Waals surface area contributed by atoms with E-state index in [-0.39, 0.29) is 6.79 Å². The number of rotatable bonds is 7. The average molecular weight is 298 g/mol. The van der Waals surface area contributed by atoms with Crippen molar-refractivity contribution in [3.8, 4) is 11.5 Å². The number of aliphatic hydroxyl groups excluding tert-OH is 1. The predicted octanol–water partition coefficient (Wildman–Crippen LogP) is 1.91. The first-order valence-corrected chi connectivity index (χ1v) is 6.44. The fourth-order valence-corrected chi connectivity index (χ4v) is 1.89. The summed E-state index contributed by atoms with van der Waals surface area (Å²) in [7, 11) is 4.30. The summed E-state index contributed by atoms with van der Waals surface area (Å²) in [6.07, 6.45) is -1.03. The van der Waals surface area contributed by atoms with Crippen molar-refractivity contribution in [2.24, 2.45) is 5.41 Å². The number of aliphatic hydroxyl groups is 1. The minimum atomic E-state index is -1.07. The Morgan fingerprint density at radius 2 is 1.90 bits per heavy atom. The second-order valence-electron chi connectivity index (χ2n) is 5.08. The fraction of sp³-hybridized carbons (Fsp3) is 0.533. The SMILES string of the molecule is COCOc1ccc(C(O)C(C)(C)C(=O)OC)cc1OC. The number of methoxy groups -OCH3 is 3. The smallest absolute Gasteiger partial charge is 0.314 e. The summed E-state index contributed by atoms with van der Waals surface area (Å²) in [6, 6.07) is 4.95. The minimum absolute atomic E-state index is 0.0892. The van der Waals surface area contributed by atoms with Crippen LogP contribution < -0.4 is 9.47 Å². The molecule has 1 atom stereocenters. The first kappa shape index (κ1) is 17.3. The Kier molecular flexibility index (Phi) is 5.99. The van der Waals surface area contributed by atoms with Crippen LogP contribution in [0.3, 0.4) is 0 Å². The Balaban J connectivity index is 3.06. The molecule has 0 aliphatic carbocycles. The van der Waals surface area contributed by atoms with Gasteiger partial charge in [0, 0.05) is 7.11 Å². The van der Waals surface area contributed by atoms with Gasteiger partial charge in [-0.1, -0.05) is 6.07 Å². The van der Waals surface area contributed by atoms with Gasteiger partial charge in [-0.2, -0.15) is 0 Å². The summed E-state index contributed by atoms with van der Waals surface area (Å²) in [5.74, 6) is 0.448. The lowest BCUT2D eigenvalue weighted by Crippen LogP contribution is -2.32. The van der Waals surface area contributed by atoms with E-state index in [4.69, 9.17) is 18.9 Å². The topological polar surface area (TPSA) is 74.2 Å². The molecule has 0 aliphatic rings. The van der Waals surface area contributed by atoms with E-state index in [0.717, 1.165) is 0 Å². The quantitative estimate of drug-likeness (QED) is 0.612. The molecule has 1 N–H and O–H groups in total. The fourth-order valence-electron chi connectivity index (χ4n) is 1.89. The molecule has 0 aromatic heterocycles. The third-order valence-corrected chi connectivity index (χ3v) is 3.23. The zero-order valence-electron chi connectivity index (χ0n) is 13.0. The molecule has 0 saturated carbocycles. The molecular formula is C15H22O6. The van der Waals surface area contributed by atoms with E-state index in [2.05, 4.69) is 0 Å². The molecule has 1 rings (SSSR count). The van der Waals surface area contributed by atoms with Crippen molar-refractivity contribution >= 4 is 5.97 Å². The molecule has 0 spiro atoms. The summed E-state index contributed by atoms with van der Waals surface area (Å²) in [4.78, 5) is 11.8. The molecule has 0 fully saturated rings. The van der Waals surface area contributed by atoms with E-state index >= 15 is 0 Å². The Bertz CT molecular complexity index is 483. The van der Waals surface area contributed by atoms with Gasteiger partial charge in [-0.15, -0.1) is 0 Å². The van der Waals surface area contributed by atoms with Crippen LogP contribution in [0.1, 0.15) is 25.5 Å². The van der Waals surface area contributed by atoms with Gasteiger partial charge in [-0.25, -0.2) is 0 Å². The lowest BCUT2D eigenvalue weighted by molar-refractivity contribution is -0.157. The third kappa shape index (κ3) is 3.86. The first-order valence-electron chi connectivity index (χ1n) is 6.44. The number of carbonyl (C=O) groups is 1. The van der Waals surface area contributed by atoms with Gasteiger partial charge in [0.05, 0.1) is 25.7 Å². The van der Waals surface area contributed by atoms with E-state index in [1.54, 1.807) is 32.0 Å². The van der Waals surface area contributed by atoms with Crippen LogP contribution in [0.2, 0.25) is 0 Å². The standard InChI is InChI=1S/C15H22O6/c1-15(2,14(17)20-5)13(16)10-6-7-11(21-9-18-3)12(8-10)19-4/h6-8,13,16H,9H2,1-5H3. The van der Waals surface area contributed by atoms with Crippen molar-refractivity contribution in [3.05, 3.63) is 23.8 Å². The molecule has 6 heteroatoms. The Morgan fingerprint density at radius 3 is 2.43 bits per heavy atom. The molecule has 1 unspecified atom stereocenters. The number of carbonyl (C=O) groups excluding carboxylic acids is 1. The van der Waals surface area contributed by atoms with Crippen LogP contribution in [0, 0.1) is 5.41 Å². The molecule has 0 aliphatic heterocycles. The number of hydrogen-bond acceptors (Lipinski definition) is 6. The Morgan fingerprint density at radius 1 is 1.24 bits per heavy atom. The maximum atomic E-state index is 11.8. The molecular weight excluding hydrogens is 276 g/mol. The van der Waals surface area contributed by atoms with Gasteiger partial charge in [0.25, 0.3) is 0 Å². The van der Waals surface area contributed by atoms with Crippen molar-refractivity contribution in [3.63, 3.8) is 0 Å². The molecule has 21 heavy (non-hydrogen) atoms. The van der Waals surface area contributed by atoms with Gasteiger partial charge >= 0.3 is 5.97 Å². The van der Waals surface area contributed by atoms with E-state index in [0.29, 0.717) is 17.1 Å². The van der Waals surface area contributed by atoms with Gasteiger partial charge < -0.3 is 24.1 Å². The van der Waals surface area contributed by atoms with Crippen LogP contribution in [-0.4, -0.2) is 39.2 Å². The zero-order chi connectivity index (χ0) is 16.0. The second-order valence-corrected chi connectivity index (χ2v) is 5.08. The van der Waals surface area contributed by atoms with Crippen LogP contribution in [-0.2, 0) is 14.3 Å². The summed E-state index contributed by atoms with van der Waals surface area (Å²) in [6.45, 7) is 3.32. The highest BCUT2D eigenvalue weighted by molar-refractivity contribution is 5.76. The maximum absolute atomic E-state index is 11.8. The van der Waals surface area contributed by atoms with Crippen molar-refractivity contribution < 1.29 is 28.8 Å². The van der Waals surface area contributed by atoms with Gasteiger partial charge in [0.1, 0.15) is 0 Å². The molecule has 6 nitrogen and oxygen atoms in total. The normalized spacial score (nSPS) is 12.7. The molecule has 0 heterocycles. The third-order valence-electron chi connectivity index (χ3n) is 3.23. The highest BCUT2D eigenvalue weighted by Gasteiger charge is 2.38. The van der Waals surface area contributed by atoms with Crippen molar-refractivity contribution in [1.82, 2.24) is 0 Å². The van der Waals surface area contributed by atoms with E-state index in [1.165, 1.54) is 21.3 Å². The van der Waals surface area contributed by atoms with Gasteiger partial charge in [0.15, 0.2) is 18.3 Å². The van der Waals surface area contributed by atoms with E-state index in [9.17, 15) is 9.90 Å². The minimum Gasteiger partial charge on any atom is -0.493 e. The highest BCUT2D eigenvalue weighted by atomic mass is 16.7. The lowest BCUT2D eigenvalue weighted by Gasteiger charge is -2.28. The molecule has 0 saturated heterocycles. The molecule has 1 aromatic rings. The van der Waals surface area contributed by atoms with Crippen molar-refractivity contribution in [1.29, 1.82) is 0 Å². The summed E-state index contributed by atoms with van der Waals surface area (Å²) < 4.78 is 20.1. The van der Waals surface area contributed by atoms with Crippen LogP contribution in [0.25, 0.3) is 0 Å². The number of hydrogen-bond donors (Lipinski definition) is 1. The molecule has 0 amide bonds. The van der Waals surface area contributed by atoms with Gasteiger partial charge in [-0.05, 0) is 31.5 Å². The van der Waals surface area contributed by atoms with E-state index in [1.807, 2.05) is 0 Å². The number of ether oxygens (including phenoxy) is 4. The first-order chi connectivity index (χ1) is 9.88. The molecule has 0 bridgehead atoms. The Hall–Kier alpha value is -1.79. The second kappa shape index (κ2) is 7.28. The molecule has 1 aromatic carbocycles. The van der Waals surface area contributed by atoms with Crippen molar-refractivity contribution in [2.45, 2.75) is 20.0 Å². The summed E-state index contributed by atoms with van der Waals surface area (Å²) >= 11 is 0. The van der Waals surface area contributed by atoms with Gasteiger partial charge in [-0.3, -0.25) is 4.79 Å². The predicted molar refractivity (Wildman–Crippen MR) is 76.3 cm³/mol. The zero-order valence-corrected chi connectivity index (χ0v) is 13.0. The summed E-state index contributed by atoms with van der Waals surface area (Å²) in [5.41, 5.74) is -0.540. The van der Waals surface area contributed by atoms with Crippen molar-refractivity contribution in [2.75, 3.05) is 28.1 Å². The van der Waals surface area contributed by atoms with Crippen LogP contribution in [0.4, 0.5) is 0 Å². The average Bonchev–Trinajstić information content (AvgIpc) is 2.50. The van der Waals surface area contributed by atoms with Crippen LogP contribution >= 0.6 is 0 Å². The summed E-state index contributed by atoms with van der Waals surface area (Å²) in [5, 5.41) is 10.4. The molecule has 0 radical (unpaired) electrons. The monoisotopic (exact) mass is 298 g/mol. The van der Waals surface area contributed by atoms with Crippen LogP contribution in [0.15, 0.2) is 18.2 Å². The Labute approximate surface area is 124 Å². The van der Waals surface area contributed by atoms with Gasteiger partial charge in [0.2, 0.25) is 0 Å².